The lowest BCUT2D eigenvalue weighted by Gasteiger charge is -2.38. The van der Waals surface area contributed by atoms with Crippen LogP contribution in [-0.2, 0) is 53.1 Å². The number of phosphoric ester groups is 2. The van der Waals surface area contributed by atoms with Gasteiger partial charge >= 0.3 is 33.9 Å². The van der Waals surface area contributed by atoms with E-state index in [-0.39, 0.29) is 47.8 Å². The summed E-state index contributed by atoms with van der Waals surface area (Å²) in [6.45, 7) is 5.76. The molecular weight excluding hydrogens is 1220 g/mol. The summed E-state index contributed by atoms with van der Waals surface area (Å²) in [5, 5.41) is 7.54. The number of phosphoric acid groups is 2. The van der Waals surface area contributed by atoms with Gasteiger partial charge in [0.25, 0.3) is 11.8 Å². The molecule has 28 nitrogen and oxygen atoms in total. The van der Waals surface area contributed by atoms with Gasteiger partial charge in [0, 0.05) is 62.6 Å². The summed E-state index contributed by atoms with van der Waals surface area (Å²) in [7, 11) is -3.81. The predicted molar refractivity (Wildman–Crippen MR) is 306 cm³/mol. The van der Waals surface area contributed by atoms with Crippen LogP contribution in [0.2, 0.25) is 0 Å². The number of ether oxygens (including phenoxy) is 9. The van der Waals surface area contributed by atoms with Gasteiger partial charge in [0.1, 0.15) is 30.6 Å². The second-order valence-corrected chi connectivity index (χ2v) is 23.4. The van der Waals surface area contributed by atoms with Gasteiger partial charge in [0.2, 0.25) is 12.0 Å². The molecule has 2 unspecified atom stereocenters. The third kappa shape index (κ3) is 22.9. The molecule has 2 fully saturated rings. The van der Waals surface area contributed by atoms with Crippen molar-refractivity contribution in [2.75, 3.05) is 134 Å². The zero-order valence-corrected chi connectivity index (χ0v) is 52.0. The fourth-order valence-electron chi connectivity index (χ4n) is 9.04. The van der Waals surface area contributed by atoms with Crippen molar-refractivity contribution in [1.82, 2.24) is 20.9 Å². The number of hydrogen-bond donors (Lipinski definition) is 6. The quantitative estimate of drug-likeness (QED) is 0.0141. The van der Waals surface area contributed by atoms with E-state index < -0.39 is 108 Å². The lowest BCUT2D eigenvalue weighted by Crippen LogP contribution is -2.56. The second-order valence-electron chi connectivity index (χ2n) is 20.6. The molecule has 0 saturated carbocycles. The number of rotatable bonds is 35. The van der Waals surface area contributed by atoms with Crippen molar-refractivity contribution >= 4 is 45.3 Å². The average Bonchev–Trinajstić information content (AvgIpc) is 1.60. The third-order valence-corrected chi connectivity index (χ3v) is 15.6. The lowest BCUT2D eigenvalue weighted by molar-refractivity contribution is -0.945. The molecule has 3 amide bonds. The van der Waals surface area contributed by atoms with Crippen LogP contribution in [0.3, 0.4) is 0 Å². The third-order valence-electron chi connectivity index (χ3n) is 13.7. The number of alkyl carbamates (subject to hydrolysis) is 1. The van der Waals surface area contributed by atoms with Gasteiger partial charge in [-0.15, -0.1) is 0 Å². The molecule has 0 radical (unpaired) electrons. The monoisotopic (exact) mass is 1300 g/mol. The van der Waals surface area contributed by atoms with E-state index in [4.69, 9.17) is 71.7 Å². The molecule has 7 N–H and O–H groups in total. The number of nitrogens with zero attached hydrogens (tertiary/aromatic N) is 2. The van der Waals surface area contributed by atoms with Crippen LogP contribution >= 0.6 is 15.6 Å². The summed E-state index contributed by atoms with van der Waals surface area (Å²) in [5.74, 6) is -1.77. The highest BCUT2D eigenvalue weighted by molar-refractivity contribution is 7.49. The Morgan fingerprint density at radius 3 is 2.06 bits per heavy atom. The Labute approximate surface area is 507 Å². The number of ketones is 1. The van der Waals surface area contributed by atoms with Gasteiger partial charge in [0.15, 0.2) is 42.1 Å². The van der Waals surface area contributed by atoms with Gasteiger partial charge in [0.05, 0.1) is 74.5 Å². The number of unbranched alkanes of at least 4 members (excludes halogenated alkanes) is 1. The van der Waals surface area contributed by atoms with Gasteiger partial charge in [-0.2, -0.15) is 13.2 Å². The maximum Gasteiger partial charge on any atom is 0.530 e. The van der Waals surface area contributed by atoms with Gasteiger partial charge in [-0.1, -0.05) is 19.9 Å². The Hall–Kier alpha value is -6.34. The van der Waals surface area contributed by atoms with Crippen molar-refractivity contribution in [2.24, 2.45) is 11.7 Å². The van der Waals surface area contributed by atoms with Crippen LogP contribution in [0.1, 0.15) is 81.7 Å². The summed E-state index contributed by atoms with van der Waals surface area (Å²) in [5.41, 5.74) is 6.16. The number of benzene rings is 3. The minimum absolute atomic E-state index is 0.00465. The van der Waals surface area contributed by atoms with E-state index in [0.717, 1.165) is 12.1 Å². The molecule has 0 bridgehead atoms. The standard InChI is InChI=1S/C55H79F3N6O22P2/c1-36(2)43(65)34-80-52(68)42-27-38(12-13-44(42)86-88(73)83-32-41(33-84-88)85-87(70,71)72)31-81-54(69)62-53(55(56,57)58)82-35-64(20-10-16-61-50(66)39-26-37(3)48(45(28-39)74-4)79-25-24-78-23-14-59)21-11-18-63(19-22-64)17-9-8-15-60-51(67)40-29-46(75-5)49(77-7)47(30-40)76-6/h12-13,26-30,36,41,53H,8-11,14-25,31-35,59H2,1-7H3,(H4-,60,61,62,66,67,69,70,71,72)/p+1. The SMILES string of the molecule is COc1cc(C(=O)NCCC[N+]2(COC(NC(=O)OCc3ccc(OP4(=O)OCC(OP(=O)(O)O)CO4)c(C(=O)OCC(=O)C(C)C)c3)C(F)(F)F)CCCN(CCCCNC(=O)c3cc(OC)c(OC)c(OC)c3)CC2)cc(C)c1OCCOCCN. The van der Waals surface area contributed by atoms with Crippen molar-refractivity contribution < 1.29 is 121 Å². The number of alkyl halides is 3. The molecule has 0 spiro atoms. The molecule has 2 aliphatic heterocycles. The first-order valence-electron chi connectivity index (χ1n) is 28.1. The zero-order chi connectivity index (χ0) is 64.7. The minimum Gasteiger partial charge on any atom is -0.493 e. The molecule has 2 saturated heterocycles. The van der Waals surface area contributed by atoms with Crippen LogP contribution in [-0.4, -0.2) is 201 Å². The summed E-state index contributed by atoms with van der Waals surface area (Å²) < 4.78 is 138. The molecule has 88 heavy (non-hydrogen) atoms. The number of halogens is 3. The van der Waals surface area contributed by atoms with Crippen LogP contribution in [0.15, 0.2) is 42.5 Å². The summed E-state index contributed by atoms with van der Waals surface area (Å²) >= 11 is 0. The van der Waals surface area contributed by atoms with Crippen molar-refractivity contribution in [3.8, 4) is 34.5 Å². The number of carbonyl (C=O) groups excluding carboxylic acids is 5. The molecule has 2 atom stereocenters. The highest BCUT2D eigenvalue weighted by atomic mass is 31.2. The van der Waals surface area contributed by atoms with Crippen molar-refractivity contribution in [3.05, 3.63) is 70.3 Å². The summed E-state index contributed by atoms with van der Waals surface area (Å²) in [6.07, 6.45) is -8.88. The van der Waals surface area contributed by atoms with Crippen molar-refractivity contribution in [1.29, 1.82) is 0 Å². The number of Topliss-reactive ketones (excluding diaryl/α,β-unsaturated/α-hetero) is 1. The fourth-order valence-corrected chi connectivity index (χ4v) is 10.8. The minimum atomic E-state index is -5.17. The number of aryl methyl sites for hydroxylation is 1. The van der Waals surface area contributed by atoms with E-state index in [9.17, 15) is 46.3 Å². The Morgan fingerprint density at radius 2 is 1.45 bits per heavy atom. The summed E-state index contributed by atoms with van der Waals surface area (Å²) in [6, 6.07) is 9.53. The lowest BCUT2D eigenvalue weighted by atomic mass is 10.1. The number of nitrogens with one attached hydrogen (secondary N) is 3. The van der Waals surface area contributed by atoms with Crippen LogP contribution in [0.4, 0.5) is 18.0 Å². The first kappa shape index (κ1) is 72.4. The summed E-state index contributed by atoms with van der Waals surface area (Å²) in [4.78, 5) is 85.9. The van der Waals surface area contributed by atoms with Crippen LogP contribution in [0.25, 0.3) is 0 Å². The van der Waals surface area contributed by atoms with Crippen LogP contribution < -0.4 is 49.9 Å². The molecule has 5 rings (SSSR count). The van der Waals surface area contributed by atoms with E-state index >= 15 is 0 Å². The number of hydrogen-bond acceptors (Lipinski definition) is 22. The van der Waals surface area contributed by atoms with Gasteiger partial charge in [-0.25, -0.2) is 18.7 Å². The Balaban J connectivity index is 1.26. The van der Waals surface area contributed by atoms with Gasteiger partial charge in [-0.05, 0) is 73.8 Å². The Bertz CT molecular complexity index is 2890. The highest BCUT2D eigenvalue weighted by Crippen LogP contribution is 2.54. The zero-order valence-electron chi connectivity index (χ0n) is 50.2. The Kier molecular flexibility index (Phi) is 28.5. The maximum absolute atomic E-state index is 14.9. The molecule has 33 heteroatoms. The molecule has 0 aliphatic carbocycles. The van der Waals surface area contributed by atoms with Gasteiger partial charge < -0.3 is 68.6 Å². The van der Waals surface area contributed by atoms with Crippen molar-refractivity contribution in [3.63, 3.8) is 0 Å². The van der Waals surface area contributed by atoms with E-state index in [0.29, 0.717) is 118 Å². The number of amides is 3. The van der Waals surface area contributed by atoms with E-state index in [1.807, 2.05) is 0 Å². The van der Waals surface area contributed by atoms with E-state index in [2.05, 4.69) is 20.1 Å². The fraction of sp³-hybridized carbons (Fsp3) is 0.582. The molecule has 3 aromatic carbocycles. The van der Waals surface area contributed by atoms with E-state index in [1.165, 1.54) is 40.6 Å². The smallest absolute Gasteiger partial charge is 0.493 e. The van der Waals surface area contributed by atoms with E-state index in [1.54, 1.807) is 44.3 Å². The topological polar surface area (TPSA) is 345 Å². The first-order chi connectivity index (χ1) is 41.7. The molecular formula is C55H80F3N6O22P2+. The number of quaternary nitrogens is 1. The molecule has 3 aromatic rings. The second kappa shape index (κ2) is 34.6. The van der Waals surface area contributed by atoms with Crippen molar-refractivity contribution in [2.45, 2.75) is 71.6 Å². The van der Waals surface area contributed by atoms with Crippen LogP contribution in [0.5, 0.6) is 34.5 Å². The molecule has 2 aliphatic rings. The number of carbonyl (C=O) groups is 5. The molecule has 492 valence electrons. The van der Waals surface area contributed by atoms with Crippen LogP contribution in [0, 0.1) is 12.8 Å². The Morgan fingerprint density at radius 1 is 0.818 bits per heavy atom. The predicted octanol–water partition coefficient (Wildman–Crippen LogP) is 5.42. The first-order valence-corrected chi connectivity index (χ1v) is 31.0. The highest BCUT2D eigenvalue weighted by Gasteiger charge is 2.45. The number of esters is 1. The number of nitrogens with two attached hydrogens (primary N) is 1. The largest absolute Gasteiger partial charge is 0.530 e. The molecule has 0 aromatic heterocycles. The maximum atomic E-state index is 14.9. The average molecular weight is 1300 g/mol. The van der Waals surface area contributed by atoms with Gasteiger partial charge in [-0.3, -0.25) is 47.4 Å². The molecule has 2 heterocycles. The number of methoxy groups -OCH3 is 4. The normalized spacial score (nSPS) is 18.5.